The molecule has 0 bridgehead atoms. The minimum absolute atomic E-state index is 0.187. The molecule has 25 heavy (non-hydrogen) atoms. The summed E-state index contributed by atoms with van der Waals surface area (Å²) in [5, 5.41) is 4.03. The molecule has 0 saturated carbocycles. The molecule has 4 nitrogen and oxygen atoms in total. The molecule has 0 aliphatic carbocycles. The van der Waals surface area contributed by atoms with Crippen LogP contribution in [0.1, 0.15) is 18.9 Å². The van der Waals surface area contributed by atoms with E-state index in [1.165, 1.54) is 0 Å². The molecule has 134 valence electrons. The molecule has 0 spiro atoms. The maximum absolute atomic E-state index is 12.2. The zero-order chi connectivity index (χ0) is 18.2. The van der Waals surface area contributed by atoms with E-state index in [9.17, 15) is 4.79 Å². The number of benzene rings is 2. The van der Waals surface area contributed by atoms with Crippen LogP contribution in [0.4, 0.5) is 0 Å². The van der Waals surface area contributed by atoms with E-state index >= 15 is 0 Å². The van der Waals surface area contributed by atoms with Crippen LogP contribution in [0, 0.1) is 6.92 Å². The van der Waals surface area contributed by atoms with Gasteiger partial charge in [-0.05, 0) is 49.2 Å². The van der Waals surface area contributed by atoms with Gasteiger partial charge in [-0.1, -0.05) is 42.3 Å². The zero-order valence-corrected chi connectivity index (χ0v) is 15.7. The first-order valence-corrected chi connectivity index (χ1v) is 8.84. The van der Waals surface area contributed by atoms with Gasteiger partial charge in [-0.25, -0.2) is 0 Å². The van der Waals surface area contributed by atoms with Crippen LogP contribution in [0.2, 0.25) is 10.0 Å². The number of hydrogen-bond acceptors (Lipinski definition) is 3. The van der Waals surface area contributed by atoms with Crippen molar-refractivity contribution in [2.45, 2.75) is 26.4 Å². The van der Waals surface area contributed by atoms with Crippen LogP contribution in [0.15, 0.2) is 42.5 Å². The Balaban J connectivity index is 1.78. The second kappa shape index (κ2) is 9.54. The molecule has 0 radical (unpaired) electrons. The van der Waals surface area contributed by atoms with Gasteiger partial charge in [0.1, 0.15) is 18.1 Å². The van der Waals surface area contributed by atoms with Crippen LogP contribution in [0.3, 0.4) is 0 Å². The Morgan fingerprint density at radius 3 is 2.64 bits per heavy atom. The zero-order valence-electron chi connectivity index (χ0n) is 14.2. The molecule has 0 saturated heterocycles. The summed E-state index contributed by atoms with van der Waals surface area (Å²) in [7, 11) is 0. The summed E-state index contributed by atoms with van der Waals surface area (Å²) in [5.74, 6) is 1.06. The number of carbonyl (C=O) groups excluding carboxylic acids is 1. The monoisotopic (exact) mass is 381 g/mol. The van der Waals surface area contributed by atoms with Crippen LogP contribution in [0.5, 0.6) is 11.5 Å². The van der Waals surface area contributed by atoms with Gasteiger partial charge in [0.15, 0.2) is 6.10 Å². The van der Waals surface area contributed by atoms with E-state index in [0.717, 1.165) is 5.56 Å². The number of ether oxygens (including phenoxy) is 2. The lowest BCUT2D eigenvalue weighted by Gasteiger charge is -2.17. The minimum atomic E-state index is -0.577. The highest BCUT2D eigenvalue weighted by molar-refractivity contribution is 6.31. The van der Waals surface area contributed by atoms with E-state index in [1.54, 1.807) is 30.3 Å². The maximum Gasteiger partial charge on any atom is 0.261 e. The van der Waals surface area contributed by atoms with Crippen molar-refractivity contribution in [3.05, 3.63) is 58.1 Å². The standard InChI is InChI=1S/C19H21Cl2NO3/c1-3-18(25-16-6-4-5-14(20)11-16)19(23)22-9-10-24-15-8-7-13(2)17(21)12-15/h4-8,11-12,18H,3,9-10H2,1-2H3,(H,22,23). The van der Waals surface area contributed by atoms with Crippen molar-refractivity contribution >= 4 is 29.1 Å². The van der Waals surface area contributed by atoms with Crippen molar-refractivity contribution in [1.82, 2.24) is 5.32 Å². The normalized spacial score (nSPS) is 11.7. The van der Waals surface area contributed by atoms with Gasteiger partial charge in [-0.3, -0.25) is 4.79 Å². The van der Waals surface area contributed by atoms with Gasteiger partial charge >= 0.3 is 0 Å². The van der Waals surface area contributed by atoms with Crippen molar-refractivity contribution in [3.8, 4) is 11.5 Å². The fourth-order valence-electron chi connectivity index (χ4n) is 2.15. The molecule has 1 N–H and O–H groups in total. The van der Waals surface area contributed by atoms with Crippen LogP contribution in [-0.2, 0) is 4.79 Å². The summed E-state index contributed by atoms with van der Waals surface area (Å²) in [5.41, 5.74) is 0.992. The first kappa shape index (κ1) is 19.4. The maximum atomic E-state index is 12.2. The SMILES string of the molecule is CCC(Oc1cccc(Cl)c1)C(=O)NCCOc1ccc(C)c(Cl)c1. The number of aryl methyl sites for hydroxylation is 1. The molecule has 2 aromatic carbocycles. The van der Waals surface area contributed by atoms with Gasteiger partial charge in [0.05, 0.1) is 6.54 Å². The van der Waals surface area contributed by atoms with Crippen molar-refractivity contribution in [1.29, 1.82) is 0 Å². The van der Waals surface area contributed by atoms with Crippen LogP contribution in [-0.4, -0.2) is 25.2 Å². The van der Waals surface area contributed by atoms with Crippen LogP contribution in [0.25, 0.3) is 0 Å². The number of halogens is 2. The van der Waals surface area contributed by atoms with Gasteiger partial charge in [0.2, 0.25) is 0 Å². The quantitative estimate of drug-likeness (QED) is 0.676. The Kier molecular flexibility index (Phi) is 7.41. The molecule has 2 aromatic rings. The average molecular weight is 382 g/mol. The molecular formula is C19H21Cl2NO3. The third kappa shape index (κ3) is 6.15. The largest absolute Gasteiger partial charge is 0.492 e. The fourth-order valence-corrected chi connectivity index (χ4v) is 2.50. The lowest BCUT2D eigenvalue weighted by molar-refractivity contribution is -0.128. The predicted octanol–water partition coefficient (Wildman–Crippen LogP) is 4.65. The number of nitrogens with one attached hydrogen (secondary N) is 1. The molecule has 1 unspecified atom stereocenters. The van der Waals surface area contributed by atoms with Gasteiger partial charge in [-0.2, -0.15) is 0 Å². The summed E-state index contributed by atoms with van der Waals surface area (Å²) in [4.78, 5) is 12.2. The van der Waals surface area contributed by atoms with E-state index in [0.29, 0.717) is 41.1 Å². The number of rotatable bonds is 8. The highest BCUT2D eigenvalue weighted by Crippen LogP contribution is 2.21. The lowest BCUT2D eigenvalue weighted by atomic mass is 10.2. The number of carbonyl (C=O) groups is 1. The summed E-state index contributed by atoms with van der Waals surface area (Å²) in [6, 6.07) is 12.5. The van der Waals surface area contributed by atoms with E-state index in [-0.39, 0.29) is 5.91 Å². The highest BCUT2D eigenvalue weighted by atomic mass is 35.5. The molecule has 0 fully saturated rings. The lowest BCUT2D eigenvalue weighted by Crippen LogP contribution is -2.39. The van der Waals surface area contributed by atoms with Gasteiger partial charge < -0.3 is 14.8 Å². The first-order valence-electron chi connectivity index (χ1n) is 8.08. The summed E-state index contributed by atoms with van der Waals surface area (Å²) < 4.78 is 11.3. The third-order valence-electron chi connectivity index (χ3n) is 3.55. The smallest absolute Gasteiger partial charge is 0.261 e. The van der Waals surface area contributed by atoms with E-state index in [4.69, 9.17) is 32.7 Å². The Labute approximate surface area is 158 Å². The summed E-state index contributed by atoms with van der Waals surface area (Å²) in [6.07, 6.45) is -0.0282. The van der Waals surface area contributed by atoms with Gasteiger partial charge in [0, 0.05) is 10.0 Å². The van der Waals surface area contributed by atoms with Crippen molar-refractivity contribution in [2.24, 2.45) is 0 Å². The Bertz CT molecular complexity index is 722. The highest BCUT2D eigenvalue weighted by Gasteiger charge is 2.18. The van der Waals surface area contributed by atoms with Gasteiger partial charge in [0.25, 0.3) is 5.91 Å². The molecule has 0 aliphatic rings. The van der Waals surface area contributed by atoms with E-state index in [2.05, 4.69) is 5.32 Å². The van der Waals surface area contributed by atoms with Crippen molar-refractivity contribution in [2.75, 3.05) is 13.2 Å². The Morgan fingerprint density at radius 2 is 1.96 bits per heavy atom. The molecular weight excluding hydrogens is 361 g/mol. The molecule has 6 heteroatoms. The molecule has 1 amide bonds. The second-order valence-electron chi connectivity index (χ2n) is 5.52. The topological polar surface area (TPSA) is 47.6 Å². The van der Waals surface area contributed by atoms with E-state index < -0.39 is 6.10 Å². The van der Waals surface area contributed by atoms with Crippen LogP contribution < -0.4 is 14.8 Å². The fraction of sp³-hybridized carbons (Fsp3) is 0.316. The number of amides is 1. The number of hydrogen-bond donors (Lipinski definition) is 1. The Hall–Kier alpha value is -1.91. The van der Waals surface area contributed by atoms with Crippen LogP contribution >= 0.6 is 23.2 Å². The van der Waals surface area contributed by atoms with E-state index in [1.807, 2.05) is 26.0 Å². The minimum Gasteiger partial charge on any atom is -0.492 e. The summed E-state index contributed by atoms with van der Waals surface area (Å²) in [6.45, 7) is 4.54. The molecule has 0 heterocycles. The Morgan fingerprint density at radius 1 is 1.16 bits per heavy atom. The first-order chi connectivity index (χ1) is 12.0. The third-order valence-corrected chi connectivity index (χ3v) is 4.19. The average Bonchev–Trinajstić information content (AvgIpc) is 2.59. The summed E-state index contributed by atoms with van der Waals surface area (Å²) >= 11 is 12.0. The molecule has 1 atom stereocenters. The predicted molar refractivity (Wildman–Crippen MR) is 101 cm³/mol. The molecule has 0 aliphatic heterocycles. The second-order valence-corrected chi connectivity index (χ2v) is 6.37. The van der Waals surface area contributed by atoms with Crippen molar-refractivity contribution in [3.63, 3.8) is 0 Å². The molecule has 2 rings (SSSR count). The van der Waals surface area contributed by atoms with Crippen molar-refractivity contribution < 1.29 is 14.3 Å². The molecule has 0 aromatic heterocycles. The van der Waals surface area contributed by atoms with Gasteiger partial charge in [-0.15, -0.1) is 0 Å².